The molecule has 1 aromatic heterocycles. The number of nitro groups is 1. The molecule has 1 N–H and O–H groups in total. The van der Waals surface area contributed by atoms with Crippen LogP contribution in [0.25, 0.3) is 10.9 Å². The first-order valence-corrected chi connectivity index (χ1v) is 10.6. The second-order valence-corrected chi connectivity index (χ2v) is 8.41. The number of aromatic nitrogens is 1. The van der Waals surface area contributed by atoms with E-state index in [-0.39, 0.29) is 10.6 Å². The zero-order valence-corrected chi connectivity index (χ0v) is 16.8. The SMILES string of the molecule is CCCCCCNc1c2c(nc3ccc([N+](=O)[O-])cc13)C[C@@H]1C=C(C)C[C@H]2C1. The number of hydrogen-bond acceptors (Lipinski definition) is 4. The van der Waals surface area contributed by atoms with Crippen molar-refractivity contribution in [3.63, 3.8) is 0 Å². The van der Waals surface area contributed by atoms with Crippen molar-refractivity contribution in [2.45, 2.75) is 64.7 Å². The normalized spacial score (nSPS) is 20.6. The summed E-state index contributed by atoms with van der Waals surface area (Å²) in [5.41, 5.74) is 6.05. The van der Waals surface area contributed by atoms with Crippen molar-refractivity contribution in [1.82, 2.24) is 4.98 Å². The third kappa shape index (κ3) is 3.62. The van der Waals surface area contributed by atoms with Gasteiger partial charge in [-0.3, -0.25) is 15.1 Å². The Morgan fingerprint density at radius 2 is 2.11 bits per heavy atom. The summed E-state index contributed by atoms with van der Waals surface area (Å²) >= 11 is 0. The molecule has 0 saturated carbocycles. The fourth-order valence-corrected chi connectivity index (χ4v) is 4.97. The Morgan fingerprint density at radius 1 is 1.25 bits per heavy atom. The predicted molar refractivity (Wildman–Crippen MR) is 114 cm³/mol. The predicted octanol–water partition coefficient (Wildman–Crippen LogP) is 6.13. The van der Waals surface area contributed by atoms with Crippen molar-refractivity contribution < 1.29 is 4.92 Å². The standard InChI is InChI=1S/C23H29N3O2/c1-3-4-5-6-9-24-23-19-14-18(26(27)28)7-8-20(19)25-21-13-16-10-15(2)11-17(12-16)22(21)23/h7-8,10,14,16-17H,3-6,9,11-13H2,1-2H3,(H,24,25)/t16-,17+/m1/s1. The minimum Gasteiger partial charge on any atom is -0.384 e. The second-order valence-electron chi connectivity index (χ2n) is 8.41. The molecular weight excluding hydrogens is 350 g/mol. The second kappa shape index (κ2) is 7.90. The molecule has 0 radical (unpaired) electrons. The van der Waals surface area contributed by atoms with Gasteiger partial charge < -0.3 is 5.32 Å². The highest BCUT2D eigenvalue weighted by Gasteiger charge is 2.33. The van der Waals surface area contributed by atoms with Crippen molar-refractivity contribution in [2.75, 3.05) is 11.9 Å². The minimum atomic E-state index is -0.312. The van der Waals surface area contributed by atoms with Crippen LogP contribution in [0.2, 0.25) is 0 Å². The van der Waals surface area contributed by atoms with Crippen LogP contribution in [0.15, 0.2) is 29.8 Å². The Morgan fingerprint density at radius 3 is 2.89 bits per heavy atom. The number of nitrogens with zero attached hydrogens (tertiary/aromatic N) is 2. The number of fused-ring (bicyclic) bond motifs is 5. The Balaban J connectivity index is 1.78. The number of non-ortho nitro benzene ring substituents is 1. The maximum atomic E-state index is 11.3. The molecule has 0 unspecified atom stereocenters. The van der Waals surface area contributed by atoms with Crippen LogP contribution in [0, 0.1) is 16.0 Å². The van der Waals surface area contributed by atoms with Crippen LogP contribution in [0.4, 0.5) is 11.4 Å². The van der Waals surface area contributed by atoms with E-state index < -0.39 is 0 Å². The number of rotatable bonds is 7. The van der Waals surface area contributed by atoms with E-state index >= 15 is 0 Å². The van der Waals surface area contributed by atoms with E-state index in [2.05, 4.69) is 25.2 Å². The molecule has 0 fully saturated rings. The molecule has 0 spiro atoms. The smallest absolute Gasteiger partial charge is 0.270 e. The fourth-order valence-electron chi connectivity index (χ4n) is 4.97. The van der Waals surface area contributed by atoms with Gasteiger partial charge in [-0.1, -0.05) is 37.8 Å². The lowest BCUT2D eigenvalue weighted by Crippen LogP contribution is -2.24. The molecule has 0 saturated heterocycles. The summed E-state index contributed by atoms with van der Waals surface area (Å²) in [6.45, 7) is 5.34. The van der Waals surface area contributed by atoms with E-state index in [4.69, 9.17) is 4.98 Å². The molecule has 0 aliphatic heterocycles. The molecule has 2 aliphatic rings. The highest BCUT2D eigenvalue weighted by molar-refractivity contribution is 5.95. The van der Waals surface area contributed by atoms with E-state index in [1.165, 1.54) is 36.1 Å². The van der Waals surface area contributed by atoms with Crippen LogP contribution < -0.4 is 5.32 Å². The number of pyridine rings is 1. The summed E-state index contributed by atoms with van der Waals surface area (Å²) < 4.78 is 0. The maximum absolute atomic E-state index is 11.3. The van der Waals surface area contributed by atoms with Crippen LogP contribution in [-0.2, 0) is 6.42 Å². The van der Waals surface area contributed by atoms with Gasteiger partial charge in [0, 0.05) is 41.0 Å². The number of allylic oxidation sites excluding steroid dienone is 2. The average Bonchev–Trinajstić information content (AvgIpc) is 2.66. The van der Waals surface area contributed by atoms with E-state index in [1.54, 1.807) is 12.1 Å². The summed E-state index contributed by atoms with van der Waals surface area (Å²) in [6, 6.07) is 5.08. The number of nitro benzene ring substituents is 1. The van der Waals surface area contributed by atoms with Crippen LogP contribution in [0.3, 0.4) is 0 Å². The van der Waals surface area contributed by atoms with Crippen LogP contribution in [0.1, 0.15) is 69.5 Å². The Bertz CT molecular complexity index is 935. The molecule has 0 amide bonds. The lowest BCUT2D eigenvalue weighted by Gasteiger charge is -2.36. The monoisotopic (exact) mass is 379 g/mol. The molecule has 1 aromatic carbocycles. The molecule has 148 valence electrons. The lowest BCUT2D eigenvalue weighted by atomic mass is 9.71. The number of unbranched alkanes of at least 4 members (excludes halogenated alkanes) is 3. The molecule has 28 heavy (non-hydrogen) atoms. The fraction of sp³-hybridized carbons (Fsp3) is 0.522. The van der Waals surface area contributed by atoms with Gasteiger partial charge in [0.2, 0.25) is 0 Å². The first-order chi connectivity index (χ1) is 13.6. The number of anilines is 1. The molecular formula is C23H29N3O2. The van der Waals surface area contributed by atoms with Gasteiger partial charge in [0.1, 0.15) is 0 Å². The molecule has 2 aliphatic carbocycles. The van der Waals surface area contributed by atoms with E-state index in [9.17, 15) is 10.1 Å². The largest absolute Gasteiger partial charge is 0.384 e. The minimum absolute atomic E-state index is 0.136. The van der Waals surface area contributed by atoms with Gasteiger partial charge in [0.05, 0.1) is 10.4 Å². The Labute approximate surface area is 166 Å². The molecule has 2 aromatic rings. The summed E-state index contributed by atoms with van der Waals surface area (Å²) in [5, 5.41) is 15.9. The molecule has 5 heteroatoms. The van der Waals surface area contributed by atoms with Crippen molar-refractivity contribution in [3.05, 3.63) is 51.2 Å². The van der Waals surface area contributed by atoms with E-state index in [0.29, 0.717) is 11.8 Å². The van der Waals surface area contributed by atoms with Gasteiger partial charge in [-0.05, 0) is 50.5 Å². The Kier molecular flexibility index (Phi) is 5.33. The number of nitrogens with one attached hydrogen (secondary N) is 1. The van der Waals surface area contributed by atoms with Crippen molar-refractivity contribution in [3.8, 4) is 0 Å². The quantitative estimate of drug-likeness (QED) is 0.272. The number of hydrogen-bond donors (Lipinski definition) is 1. The maximum Gasteiger partial charge on any atom is 0.270 e. The van der Waals surface area contributed by atoms with Gasteiger partial charge in [-0.2, -0.15) is 0 Å². The molecule has 5 nitrogen and oxygen atoms in total. The Hall–Kier alpha value is -2.43. The van der Waals surface area contributed by atoms with Gasteiger partial charge in [-0.15, -0.1) is 0 Å². The zero-order chi connectivity index (χ0) is 19.7. The molecule has 2 bridgehead atoms. The first kappa shape index (κ1) is 18.9. The van der Waals surface area contributed by atoms with Gasteiger partial charge in [-0.25, -0.2) is 0 Å². The number of benzene rings is 1. The summed E-state index contributed by atoms with van der Waals surface area (Å²) in [5.74, 6) is 1.04. The third-order valence-electron chi connectivity index (χ3n) is 6.17. The van der Waals surface area contributed by atoms with Crippen LogP contribution >= 0.6 is 0 Å². The van der Waals surface area contributed by atoms with Crippen molar-refractivity contribution in [2.24, 2.45) is 5.92 Å². The molecule has 2 atom stereocenters. The first-order valence-electron chi connectivity index (χ1n) is 10.6. The van der Waals surface area contributed by atoms with Gasteiger partial charge in [0.15, 0.2) is 0 Å². The third-order valence-corrected chi connectivity index (χ3v) is 6.17. The van der Waals surface area contributed by atoms with Crippen LogP contribution in [0.5, 0.6) is 0 Å². The highest BCUT2D eigenvalue weighted by atomic mass is 16.6. The molecule has 1 heterocycles. The zero-order valence-electron chi connectivity index (χ0n) is 16.8. The topological polar surface area (TPSA) is 68.1 Å². The van der Waals surface area contributed by atoms with Crippen molar-refractivity contribution >= 4 is 22.3 Å². The highest BCUT2D eigenvalue weighted by Crippen LogP contribution is 2.47. The van der Waals surface area contributed by atoms with Crippen molar-refractivity contribution in [1.29, 1.82) is 0 Å². The van der Waals surface area contributed by atoms with E-state index in [0.717, 1.165) is 48.8 Å². The van der Waals surface area contributed by atoms with Gasteiger partial charge >= 0.3 is 0 Å². The molecule has 4 rings (SSSR count). The van der Waals surface area contributed by atoms with E-state index in [1.807, 2.05) is 6.07 Å². The summed E-state index contributed by atoms with van der Waals surface area (Å²) in [7, 11) is 0. The van der Waals surface area contributed by atoms with Gasteiger partial charge in [0.25, 0.3) is 5.69 Å². The van der Waals surface area contributed by atoms with Crippen LogP contribution in [-0.4, -0.2) is 16.5 Å². The summed E-state index contributed by atoms with van der Waals surface area (Å²) in [6.07, 6.45) is 10.4. The average molecular weight is 380 g/mol. The summed E-state index contributed by atoms with van der Waals surface area (Å²) in [4.78, 5) is 16.0. The lowest BCUT2D eigenvalue weighted by molar-refractivity contribution is -0.384.